The zero-order valence-electron chi connectivity index (χ0n) is 19.0. The number of carbonyl (C=O) groups is 1. The number of anilines is 1. The van der Waals surface area contributed by atoms with Crippen molar-refractivity contribution in [1.29, 1.82) is 0 Å². The number of aliphatic imine (C=N–C) groups is 1. The molecule has 2 heterocycles. The Kier molecular flexibility index (Phi) is 10.5. The first-order valence-electron chi connectivity index (χ1n) is 11.4. The molecule has 1 saturated heterocycles. The van der Waals surface area contributed by atoms with Gasteiger partial charge in [0.05, 0.1) is 0 Å². The first kappa shape index (κ1) is 24.0. The first-order valence-corrected chi connectivity index (χ1v) is 11.4. The largest absolute Gasteiger partial charge is 0.369 e. The molecule has 7 nitrogen and oxygen atoms in total. The topological polar surface area (TPSA) is 95.6 Å². The van der Waals surface area contributed by atoms with Crippen molar-refractivity contribution in [2.45, 2.75) is 65.3 Å². The molecule has 1 aromatic rings. The summed E-state index contributed by atoms with van der Waals surface area (Å²) in [6, 6.07) is 4.06. The van der Waals surface area contributed by atoms with Crippen LogP contribution in [0.25, 0.3) is 0 Å². The van der Waals surface area contributed by atoms with Gasteiger partial charge in [0.25, 0.3) is 0 Å². The minimum Gasteiger partial charge on any atom is -0.369 e. The van der Waals surface area contributed by atoms with Crippen LogP contribution in [0.1, 0.15) is 64.4 Å². The Balaban J connectivity index is 1.76. The van der Waals surface area contributed by atoms with E-state index in [9.17, 15) is 4.79 Å². The molecule has 0 aromatic carbocycles. The average molecular weight is 417 g/mol. The van der Waals surface area contributed by atoms with Crippen LogP contribution in [0.3, 0.4) is 0 Å². The molecule has 30 heavy (non-hydrogen) atoms. The Hall–Kier alpha value is -2.31. The van der Waals surface area contributed by atoms with Crippen LogP contribution in [-0.2, 0) is 11.3 Å². The zero-order chi connectivity index (χ0) is 21.8. The number of primary amides is 1. The summed E-state index contributed by atoms with van der Waals surface area (Å²) >= 11 is 0. The molecule has 1 fully saturated rings. The summed E-state index contributed by atoms with van der Waals surface area (Å²) in [4.78, 5) is 22.6. The van der Waals surface area contributed by atoms with Crippen LogP contribution in [0, 0.1) is 11.8 Å². The van der Waals surface area contributed by atoms with Gasteiger partial charge in [-0.1, -0.05) is 45.6 Å². The van der Waals surface area contributed by atoms with E-state index in [-0.39, 0.29) is 11.8 Å². The lowest BCUT2D eigenvalue weighted by atomic mass is 9.96. The van der Waals surface area contributed by atoms with Crippen LogP contribution in [-0.4, -0.2) is 43.5 Å². The number of piperidine rings is 1. The number of nitrogens with two attached hydrogens (primary N) is 1. The molecule has 168 valence electrons. The summed E-state index contributed by atoms with van der Waals surface area (Å²) in [6.07, 6.45) is 9.77. The van der Waals surface area contributed by atoms with E-state index in [4.69, 9.17) is 5.73 Å². The normalized spacial score (nSPS) is 15.5. The van der Waals surface area contributed by atoms with Gasteiger partial charge >= 0.3 is 0 Å². The summed E-state index contributed by atoms with van der Waals surface area (Å²) in [5.41, 5.74) is 6.59. The monoisotopic (exact) mass is 416 g/mol. The Morgan fingerprint density at radius 2 is 1.97 bits per heavy atom. The molecule has 1 aliphatic rings. The van der Waals surface area contributed by atoms with Gasteiger partial charge in [-0.15, -0.1) is 0 Å². The van der Waals surface area contributed by atoms with Gasteiger partial charge in [-0.2, -0.15) is 0 Å². The van der Waals surface area contributed by atoms with Crippen LogP contribution in [0.5, 0.6) is 0 Å². The number of guanidine groups is 1. The predicted molar refractivity (Wildman–Crippen MR) is 124 cm³/mol. The standard InChI is InChI=1S/C23H40N6O/c1-18(2)9-6-4-5-7-13-27-23(25-3)28-17-20-10-8-14-26-22(20)29-15-11-19(12-16-29)21(24)30/h8,10,14,18-19H,4-7,9,11-13,15-17H2,1-3H3,(H2,24,30)(H2,25,27,28). The third kappa shape index (κ3) is 8.20. The van der Waals surface area contributed by atoms with Gasteiger partial charge in [0.15, 0.2) is 5.96 Å². The Morgan fingerprint density at radius 3 is 2.63 bits per heavy atom. The van der Waals surface area contributed by atoms with E-state index in [1.54, 1.807) is 7.05 Å². The number of rotatable bonds is 11. The fourth-order valence-corrected chi connectivity index (χ4v) is 3.87. The van der Waals surface area contributed by atoms with Gasteiger partial charge in [0.1, 0.15) is 5.82 Å². The maximum atomic E-state index is 11.4. The van der Waals surface area contributed by atoms with Crippen molar-refractivity contribution < 1.29 is 4.79 Å². The van der Waals surface area contributed by atoms with Crippen molar-refractivity contribution in [3.63, 3.8) is 0 Å². The van der Waals surface area contributed by atoms with Gasteiger partial charge in [-0.25, -0.2) is 4.98 Å². The molecule has 0 saturated carbocycles. The second kappa shape index (κ2) is 13.1. The lowest BCUT2D eigenvalue weighted by Gasteiger charge is -2.32. The van der Waals surface area contributed by atoms with Crippen molar-refractivity contribution in [2.24, 2.45) is 22.6 Å². The Morgan fingerprint density at radius 1 is 1.23 bits per heavy atom. The van der Waals surface area contributed by atoms with E-state index < -0.39 is 0 Å². The first-order chi connectivity index (χ1) is 14.5. The number of aromatic nitrogens is 1. The molecule has 4 N–H and O–H groups in total. The molecule has 1 aromatic heterocycles. The summed E-state index contributed by atoms with van der Waals surface area (Å²) in [5, 5.41) is 6.82. The zero-order valence-corrected chi connectivity index (χ0v) is 19.0. The van der Waals surface area contributed by atoms with Crippen LogP contribution < -0.4 is 21.3 Å². The third-order valence-corrected chi connectivity index (χ3v) is 5.73. The van der Waals surface area contributed by atoms with Gasteiger partial charge in [0, 0.05) is 50.9 Å². The van der Waals surface area contributed by atoms with E-state index in [1.807, 2.05) is 12.3 Å². The van der Waals surface area contributed by atoms with E-state index in [0.717, 1.165) is 62.2 Å². The number of pyridine rings is 1. The molecular weight excluding hydrogens is 376 g/mol. The quantitative estimate of drug-likeness (QED) is 0.293. The molecule has 0 bridgehead atoms. The lowest BCUT2D eigenvalue weighted by molar-refractivity contribution is -0.122. The van der Waals surface area contributed by atoms with Crippen LogP contribution in [0.15, 0.2) is 23.3 Å². The van der Waals surface area contributed by atoms with Crippen LogP contribution in [0.4, 0.5) is 5.82 Å². The van der Waals surface area contributed by atoms with Crippen molar-refractivity contribution in [3.8, 4) is 0 Å². The second-order valence-corrected chi connectivity index (χ2v) is 8.60. The number of carbonyl (C=O) groups excluding carboxylic acids is 1. The predicted octanol–water partition coefficient (Wildman–Crippen LogP) is 3.05. The highest BCUT2D eigenvalue weighted by Crippen LogP contribution is 2.24. The van der Waals surface area contributed by atoms with Crippen molar-refractivity contribution >= 4 is 17.7 Å². The highest BCUT2D eigenvalue weighted by atomic mass is 16.1. The summed E-state index contributed by atoms with van der Waals surface area (Å²) in [6.45, 7) is 7.78. The van der Waals surface area contributed by atoms with E-state index in [2.05, 4.69) is 45.4 Å². The molecule has 0 spiro atoms. The smallest absolute Gasteiger partial charge is 0.220 e. The minimum atomic E-state index is -0.188. The SMILES string of the molecule is CN=C(NCCCCCCC(C)C)NCc1cccnc1N1CCC(C(N)=O)CC1. The van der Waals surface area contributed by atoms with Crippen molar-refractivity contribution in [2.75, 3.05) is 31.6 Å². The Bertz CT molecular complexity index is 667. The molecule has 1 aliphatic heterocycles. The Labute approximate surface area is 181 Å². The third-order valence-electron chi connectivity index (χ3n) is 5.73. The van der Waals surface area contributed by atoms with E-state index in [0.29, 0.717) is 6.54 Å². The molecule has 0 aliphatic carbocycles. The van der Waals surface area contributed by atoms with Crippen LogP contribution in [0.2, 0.25) is 0 Å². The molecule has 0 atom stereocenters. The van der Waals surface area contributed by atoms with Crippen LogP contribution >= 0.6 is 0 Å². The number of amides is 1. The highest BCUT2D eigenvalue weighted by molar-refractivity contribution is 5.79. The van der Waals surface area contributed by atoms with Gasteiger partial charge in [-0.05, 0) is 31.2 Å². The molecule has 0 unspecified atom stereocenters. The maximum absolute atomic E-state index is 11.4. The van der Waals surface area contributed by atoms with Crippen molar-refractivity contribution in [1.82, 2.24) is 15.6 Å². The van der Waals surface area contributed by atoms with Gasteiger partial charge < -0.3 is 21.3 Å². The molecule has 2 rings (SSSR count). The van der Waals surface area contributed by atoms with E-state index in [1.165, 1.54) is 25.7 Å². The number of nitrogens with zero attached hydrogens (tertiary/aromatic N) is 3. The summed E-state index contributed by atoms with van der Waals surface area (Å²) < 4.78 is 0. The highest BCUT2D eigenvalue weighted by Gasteiger charge is 2.24. The lowest BCUT2D eigenvalue weighted by Crippen LogP contribution is -2.40. The average Bonchev–Trinajstić information content (AvgIpc) is 2.75. The number of hydrogen-bond donors (Lipinski definition) is 3. The second-order valence-electron chi connectivity index (χ2n) is 8.60. The number of hydrogen-bond acceptors (Lipinski definition) is 4. The van der Waals surface area contributed by atoms with Gasteiger partial charge in [-0.3, -0.25) is 9.79 Å². The molecule has 1 amide bonds. The number of unbranched alkanes of at least 4 members (excludes halogenated alkanes) is 3. The molecule has 7 heteroatoms. The fourth-order valence-electron chi connectivity index (χ4n) is 3.87. The van der Waals surface area contributed by atoms with Gasteiger partial charge in [0.2, 0.25) is 5.91 Å². The maximum Gasteiger partial charge on any atom is 0.220 e. The van der Waals surface area contributed by atoms with Crippen molar-refractivity contribution in [3.05, 3.63) is 23.9 Å². The fraction of sp³-hybridized carbons (Fsp3) is 0.696. The molecule has 0 radical (unpaired) electrons. The minimum absolute atomic E-state index is 0.0139. The summed E-state index contributed by atoms with van der Waals surface area (Å²) in [5.74, 6) is 2.40. The molecular formula is C23H40N6O. The number of nitrogens with one attached hydrogen (secondary N) is 2. The summed E-state index contributed by atoms with van der Waals surface area (Å²) in [7, 11) is 1.80. The van der Waals surface area contributed by atoms with E-state index >= 15 is 0 Å².